The molecular weight excluding hydrogens is 220 g/mol. The SMILES string of the molecule is Cc1ccc(C)c(CN2CC(C)NCC2(C)C)c1. The van der Waals surface area contributed by atoms with Gasteiger partial charge in [-0.2, -0.15) is 0 Å². The Bertz CT molecular complexity index is 423. The van der Waals surface area contributed by atoms with Crippen molar-refractivity contribution in [1.82, 2.24) is 10.2 Å². The van der Waals surface area contributed by atoms with E-state index < -0.39 is 0 Å². The summed E-state index contributed by atoms with van der Waals surface area (Å²) in [5.74, 6) is 0. The highest BCUT2D eigenvalue weighted by molar-refractivity contribution is 5.30. The second-order valence-corrected chi connectivity index (χ2v) is 6.40. The summed E-state index contributed by atoms with van der Waals surface area (Å²) in [4.78, 5) is 2.61. The van der Waals surface area contributed by atoms with Crippen molar-refractivity contribution in [1.29, 1.82) is 0 Å². The molecule has 0 spiro atoms. The van der Waals surface area contributed by atoms with Crippen molar-refractivity contribution in [2.45, 2.75) is 52.7 Å². The van der Waals surface area contributed by atoms with Crippen LogP contribution in [0.2, 0.25) is 0 Å². The number of nitrogens with zero attached hydrogens (tertiary/aromatic N) is 1. The Morgan fingerprint density at radius 1 is 1.33 bits per heavy atom. The molecular formula is C16H26N2. The van der Waals surface area contributed by atoms with Crippen LogP contribution in [0.3, 0.4) is 0 Å². The van der Waals surface area contributed by atoms with E-state index in [2.05, 4.69) is 63.0 Å². The molecule has 2 heteroatoms. The van der Waals surface area contributed by atoms with E-state index in [9.17, 15) is 0 Å². The molecule has 1 saturated heterocycles. The lowest BCUT2D eigenvalue weighted by atomic mass is 9.95. The van der Waals surface area contributed by atoms with Crippen LogP contribution in [0.15, 0.2) is 18.2 Å². The van der Waals surface area contributed by atoms with Gasteiger partial charge < -0.3 is 5.32 Å². The van der Waals surface area contributed by atoms with Crippen LogP contribution < -0.4 is 5.32 Å². The summed E-state index contributed by atoms with van der Waals surface area (Å²) in [5.41, 5.74) is 4.47. The Labute approximate surface area is 111 Å². The first-order chi connectivity index (χ1) is 8.38. The van der Waals surface area contributed by atoms with Crippen molar-refractivity contribution in [3.8, 4) is 0 Å². The lowest BCUT2D eigenvalue weighted by Gasteiger charge is -2.45. The normalized spacial score (nSPS) is 24.2. The third kappa shape index (κ3) is 2.93. The molecule has 100 valence electrons. The van der Waals surface area contributed by atoms with Gasteiger partial charge in [-0.1, -0.05) is 23.8 Å². The van der Waals surface area contributed by atoms with Crippen molar-refractivity contribution >= 4 is 0 Å². The molecule has 1 aliphatic heterocycles. The predicted octanol–water partition coefficient (Wildman–Crippen LogP) is 2.88. The lowest BCUT2D eigenvalue weighted by Crippen LogP contribution is -2.60. The standard InChI is InChI=1S/C16H26N2/c1-12-6-7-13(2)15(8-12)10-18-9-14(3)17-11-16(18,4)5/h6-8,14,17H,9-11H2,1-5H3. The van der Waals surface area contributed by atoms with Gasteiger partial charge in [0.15, 0.2) is 0 Å². The summed E-state index contributed by atoms with van der Waals surface area (Å²) < 4.78 is 0. The topological polar surface area (TPSA) is 15.3 Å². The number of aryl methyl sites for hydroxylation is 2. The van der Waals surface area contributed by atoms with Crippen molar-refractivity contribution in [3.63, 3.8) is 0 Å². The van der Waals surface area contributed by atoms with Crippen LogP contribution in [-0.2, 0) is 6.54 Å². The van der Waals surface area contributed by atoms with E-state index in [1.807, 2.05) is 0 Å². The zero-order valence-corrected chi connectivity index (χ0v) is 12.4. The highest BCUT2D eigenvalue weighted by atomic mass is 15.3. The van der Waals surface area contributed by atoms with Crippen molar-refractivity contribution in [2.75, 3.05) is 13.1 Å². The monoisotopic (exact) mass is 246 g/mol. The fourth-order valence-corrected chi connectivity index (χ4v) is 2.63. The number of benzene rings is 1. The first-order valence-electron chi connectivity index (χ1n) is 6.93. The summed E-state index contributed by atoms with van der Waals surface area (Å²) in [6, 6.07) is 7.36. The molecule has 2 nitrogen and oxygen atoms in total. The molecule has 0 radical (unpaired) electrons. The summed E-state index contributed by atoms with van der Waals surface area (Å²) in [5, 5.41) is 3.57. The predicted molar refractivity (Wildman–Crippen MR) is 77.9 cm³/mol. The fourth-order valence-electron chi connectivity index (χ4n) is 2.63. The molecule has 1 fully saturated rings. The zero-order valence-electron chi connectivity index (χ0n) is 12.4. The van der Waals surface area contributed by atoms with Gasteiger partial charge in [-0.3, -0.25) is 4.90 Å². The molecule has 1 heterocycles. The molecule has 1 atom stereocenters. The maximum absolute atomic E-state index is 3.57. The summed E-state index contributed by atoms with van der Waals surface area (Å²) in [7, 11) is 0. The van der Waals surface area contributed by atoms with E-state index in [1.165, 1.54) is 16.7 Å². The first-order valence-corrected chi connectivity index (χ1v) is 6.93. The first kappa shape index (κ1) is 13.6. The Morgan fingerprint density at radius 2 is 2.06 bits per heavy atom. The second-order valence-electron chi connectivity index (χ2n) is 6.40. The van der Waals surface area contributed by atoms with E-state index in [0.29, 0.717) is 6.04 Å². The number of hydrogen-bond donors (Lipinski definition) is 1. The van der Waals surface area contributed by atoms with Crippen molar-refractivity contribution in [3.05, 3.63) is 34.9 Å². The van der Waals surface area contributed by atoms with E-state index in [-0.39, 0.29) is 5.54 Å². The molecule has 0 aliphatic carbocycles. The van der Waals surface area contributed by atoms with Crippen LogP contribution >= 0.6 is 0 Å². The zero-order chi connectivity index (χ0) is 13.3. The van der Waals surface area contributed by atoms with Crippen LogP contribution in [0.4, 0.5) is 0 Å². The van der Waals surface area contributed by atoms with Gasteiger partial charge in [0.1, 0.15) is 0 Å². The third-order valence-corrected chi connectivity index (χ3v) is 4.10. The molecule has 0 amide bonds. The fraction of sp³-hybridized carbons (Fsp3) is 0.625. The number of rotatable bonds is 2. The molecule has 1 aliphatic rings. The highest BCUT2D eigenvalue weighted by Crippen LogP contribution is 2.23. The largest absolute Gasteiger partial charge is 0.311 e. The van der Waals surface area contributed by atoms with Crippen LogP contribution in [0.5, 0.6) is 0 Å². The minimum Gasteiger partial charge on any atom is -0.311 e. The van der Waals surface area contributed by atoms with E-state index in [0.717, 1.165) is 19.6 Å². The van der Waals surface area contributed by atoms with Gasteiger partial charge in [0.25, 0.3) is 0 Å². The number of hydrogen-bond acceptors (Lipinski definition) is 2. The molecule has 1 N–H and O–H groups in total. The minimum absolute atomic E-state index is 0.239. The molecule has 0 bridgehead atoms. The Hall–Kier alpha value is -0.860. The molecule has 1 unspecified atom stereocenters. The van der Waals surface area contributed by atoms with Crippen LogP contribution in [0.1, 0.15) is 37.5 Å². The smallest absolute Gasteiger partial charge is 0.0281 e. The third-order valence-electron chi connectivity index (χ3n) is 4.10. The van der Waals surface area contributed by atoms with Gasteiger partial charge >= 0.3 is 0 Å². The molecule has 0 saturated carbocycles. The van der Waals surface area contributed by atoms with Gasteiger partial charge in [0.2, 0.25) is 0 Å². The van der Waals surface area contributed by atoms with Gasteiger partial charge in [-0.25, -0.2) is 0 Å². The lowest BCUT2D eigenvalue weighted by molar-refractivity contribution is 0.0625. The Morgan fingerprint density at radius 3 is 2.78 bits per heavy atom. The van der Waals surface area contributed by atoms with E-state index >= 15 is 0 Å². The molecule has 0 aromatic heterocycles. The van der Waals surface area contributed by atoms with Gasteiger partial charge in [-0.05, 0) is 45.7 Å². The molecule has 1 aromatic rings. The Balaban J connectivity index is 2.18. The summed E-state index contributed by atoms with van der Waals surface area (Å²) in [6.45, 7) is 14.6. The van der Waals surface area contributed by atoms with Crippen molar-refractivity contribution < 1.29 is 0 Å². The number of nitrogens with one attached hydrogen (secondary N) is 1. The highest BCUT2D eigenvalue weighted by Gasteiger charge is 2.32. The minimum atomic E-state index is 0.239. The van der Waals surface area contributed by atoms with Crippen LogP contribution in [-0.4, -0.2) is 29.6 Å². The van der Waals surface area contributed by atoms with Gasteiger partial charge in [0, 0.05) is 31.2 Å². The molecule has 18 heavy (non-hydrogen) atoms. The molecule has 2 rings (SSSR count). The quantitative estimate of drug-likeness (QED) is 0.863. The second kappa shape index (κ2) is 5.02. The summed E-state index contributed by atoms with van der Waals surface area (Å²) in [6.07, 6.45) is 0. The summed E-state index contributed by atoms with van der Waals surface area (Å²) >= 11 is 0. The maximum atomic E-state index is 3.57. The van der Waals surface area contributed by atoms with E-state index in [1.54, 1.807) is 0 Å². The maximum Gasteiger partial charge on any atom is 0.0281 e. The van der Waals surface area contributed by atoms with Crippen LogP contribution in [0.25, 0.3) is 0 Å². The van der Waals surface area contributed by atoms with Crippen LogP contribution in [0, 0.1) is 13.8 Å². The van der Waals surface area contributed by atoms with Gasteiger partial charge in [-0.15, -0.1) is 0 Å². The average molecular weight is 246 g/mol. The van der Waals surface area contributed by atoms with Crippen molar-refractivity contribution in [2.24, 2.45) is 0 Å². The van der Waals surface area contributed by atoms with E-state index in [4.69, 9.17) is 0 Å². The van der Waals surface area contributed by atoms with Gasteiger partial charge in [0.05, 0.1) is 0 Å². The average Bonchev–Trinajstić information content (AvgIpc) is 2.29. The number of piperazine rings is 1. The Kier molecular flexibility index (Phi) is 3.79. The molecule has 1 aromatic carbocycles.